The standard InChI is InChI=1S/C23H27ClFN5O4/c24-17-10-14(25)5-8-18(17)30-21(31)13-3-6-15(7-4-13)29-23(33)20-19(27-12-28-20)22(32)26-11-16-2-1-9-34-16/h5,8,10,12-13,15-16H,1-4,6-7,9,11H2,(H,26,32)(H,27,28)(H,29,33)(H,30,31)/t13-,15-,16?. The Labute approximate surface area is 201 Å². The van der Waals surface area contributed by atoms with E-state index >= 15 is 0 Å². The molecule has 1 aromatic carbocycles. The van der Waals surface area contributed by atoms with Crippen molar-refractivity contribution in [2.75, 3.05) is 18.5 Å². The average Bonchev–Trinajstić information content (AvgIpc) is 3.52. The molecule has 1 saturated heterocycles. The number of hydrogen-bond acceptors (Lipinski definition) is 5. The number of imidazole rings is 1. The molecule has 2 heterocycles. The zero-order valence-corrected chi connectivity index (χ0v) is 19.3. The number of carbonyl (C=O) groups is 3. The first kappa shape index (κ1) is 24.2. The number of halogens is 2. The maximum Gasteiger partial charge on any atom is 0.272 e. The van der Waals surface area contributed by atoms with Gasteiger partial charge in [-0.1, -0.05) is 11.6 Å². The zero-order valence-electron chi connectivity index (χ0n) is 18.5. The third kappa shape index (κ3) is 5.92. The summed E-state index contributed by atoms with van der Waals surface area (Å²) in [6.07, 6.45) is 5.54. The van der Waals surface area contributed by atoms with Gasteiger partial charge in [0.2, 0.25) is 5.91 Å². The van der Waals surface area contributed by atoms with Crippen LogP contribution in [0.1, 0.15) is 59.5 Å². The number of H-pyrrole nitrogens is 1. The molecule has 4 N–H and O–H groups in total. The fraction of sp³-hybridized carbons (Fsp3) is 0.478. The van der Waals surface area contributed by atoms with Crippen molar-refractivity contribution >= 4 is 35.0 Å². The van der Waals surface area contributed by atoms with Crippen molar-refractivity contribution in [3.8, 4) is 0 Å². The maximum absolute atomic E-state index is 13.2. The lowest BCUT2D eigenvalue weighted by Gasteiger charge is -2.28. The van der Waals surface area contributed by atoms with Gasteiger partial charge in [-0.05, 0) is 56.7 Å². The number of nitrogens with zero attached hydrogens (tertiary/aromatic N) is 1. The molecule has 9 nitrogen and oxygen atoms in total. The van der Waals surface area contributed by atoms with Gasteiger partial charge in [-0.3, -0.25) is 14.4 Å². The molecule has 0 spiro atoms. The lowest BCUT2D eigenvalue weighted by atomic mass is 9.85. The van der Waals surface area contributed by atoms with E-state index in [1.165, 1.54) is 18.5 Å². The van der Waals surface area contributed by atoms with Crippen LogP contribution in [0.15, 0.2) is 24.5 Å². The largest absolute Gasteiger partial charge is 0.376 e. The molecule has 4 rings (SSSR count). The van der Waals surface area contributed by atoms with E-state index in [0.717, 1.165) is 18.9 Å². The first-order valence-corrected chi connectivity index (χ1v) is 11.8. The Balaban J connectivity index is 1.25. The zero-order chi connectivity index (χ0) is 24.1. The van der Waals surface area contributed by atoms with Gasteiger partial charge in [0.25, 0.3) is 11.8 Å². The highest BCUT2D eigenvalue weighted by Gasteiger charge is 2.29. The molecular weight excluding hydrogens is 465 g/mol. The summed E-state index contributed by atoms with van der Waals surface area (Å²) in [7, 11) is 0. The van der Waals surface area contributed by atoms with Crippen molar-refractivity contribution < 1.29 is 23.5 Å². The lowest BCUT2D eigenvalue weighted by Crippen LogP contribution is -2.40. The van der Waals surface area contributed by atoms with Crippen LogP contribution >= 0.6 is 11.6 Å². The summed E-state index contributed by atoms with van der Waals surface area (Å²) in [5.74, 6) is -1.73. The Morgan fingerprint density at radius 1 is 1.15 bits per heavy atom. The molecule has 1 atom stereocenters. The number of hydrogen-bond donors (Lipinski definition) is 4. The lowest BCUT2D eigenvalue weighted by molar-refractivity contribution is -0.120. The van der Waals surface area contributed by atoms with E-state index in [4.69, 9.17) is 16.3 Å². The molecule has 1 unspecified atom stereocenters. The van der Waals surface area contributed by atoms with Gasteiger partial charge in [-0.2, -0.15) is 0 Å². The number of benzene rings is 1. The summed E-state index contributed by atoms with van der Waals surface area (Å²) in [4.78, 5) is 44.6. The van der Waals surface area contributed by atoms with Gasteiger partial charge in [0.05, 0.1) is 23.1 Å². The van der Waals surface area contributed by atoms with Crippen molar-refractivity contribution in [3.05, 3.63) is 46.8 Å². The average molecular weight is 492 g/mol. The fourth-order valence-corrected chi connectivity index (χ4v) is 4.53. The van der Waals surface area contributed by atoms with Crippen LogP contribution < -0.4 is 16.0 Å². The van der Waals surface area contributed by atoms with Gasteiger partial charge < -0.3 is 25.7 Å². The minimum Gasteiger partial charge on any atom is -0.376 e. The second-order valence-electron chi connectivity index (χ2n) is 8.61. The molecule has 2 fully saturated rings. The van der Waals surface area contributed by atoms with Crippen LogP contribution in [0.2, 0.25) is 5.02 Å². The van der Waals surface area contributed by atoms with Crippen molar-refractivity contribution in [2.45, 2.75) is 50.7 Å². The third-order valence-electron chi connectivity index (χ3n) is 6.22. The fourth-order valence-electron chi connectivity index (χ4n) is 4.32. The molecule has 1 aliphatic heterocycles. The van der Waals surface area contributed by atoms with Crippen LogP contribution in [0.25, 0.3) is 0 Å². The van der Waals surface area contributed by atoms with Crippen LogP contribution in [-0.2, 0) is 9.53 Å². The quantitative estimate of drug-likeness (QED) is 0.473. The monoisotopic (exact) mass is 491 g/mol. The van der Waals surface area contributed by atoms with E-state index in [-0.39, 0.29) is 40.4 Å². The van der Waals surface area contributed by atoms with Gasteiger partial charge in [-0.25, -0.2) is 9.37 Å². The molecule has 0 bridgehead atoms. The van der Waals surface area contributed by atoms with Crippen LogP contribution in [-0.4, -0.2) is 53.0 Å². The molecule has 182 valence electrons. The summed E-state index contributed by atoms with van der Waals surface area (Å²) in [5, 5.41) is 8.59. The number of ether oxygens (including phenoxy) is 1. The van der Waals surface area contributed by atoms with Crippen LogP contribution in [0.5, 0.6) is 0 Å². The number of anilines is 1. The van der Waals surface area contributed by atoms with Gasteiger partial charge in [0.1, 0.15) is 11.5 Å². The molecule has 2 aromatic rings. The Hall–Kier alpha value is -2.98. The summed E-state index contributed by atoms with van der Waals surface area (Å²) in [6, 6.07) is 3.69. The topological polar surface area (TPSA) is 125 Å². The maximum atomic E-state index is 13.2. The molecule has 1 aromatic heterocycles. The number of rotatable bonds is 7. The predicted octanol–water partition coefficient (Wildman–Crippen LogP) is 3.04. The van der Waals surface area contributed by atoms with Gasteiger partial charge in [-0.15, -0.1) is 0 Å². The summed E-state index contributed by atoms with van der Waals surface area (Å²) in [5.41, 5.74) is 0.517. The summed E-state index contributed by atoms with van der Waals surface area (Å²) < 4.78 is 18.7. The SMILES string of the molecule is O=C(NCC1CCCO1)c1nc[nH]c1C(=O)N[C@H]1CC[C@H](C(=O)Nc2ccc(F)cc2Cl)CC1. The number of aromatic amines is 1. The van der Waals surface area contributed by atoms with Crippen molar-refractivity contribution in [2.24, 2.45) is 5.92 Å². The molecule has 0 radical (unpaired) electrons. The normalized spacial score (nSPS) is 22.2. The highest BCUT2D eigenvalue weighted by molar-refractivity contribution is 6.33. The van der Waals surface area contributed by atoms with E-state index < -0.39 is 17.6 Å². The smallest absolute Gasteiger partial charge is 0.272 e. The van der Waals surface area contributed by atoms with E-state index in [1.54, 1.807) is 0 Å². The van der Waals surface area contributed by atoms with E-state index in [0.29, 0.717) is 44.5 Å². The summed E-state index contributed by atoms with van der Waals surface area (Å²) in [6.45, 7) is 1.07. The van der Waals surface area contributed by atoms with Gasteiger partial charge >= 0.3 is 0 Å². The molecule has 11 heteroatoms. The first-order chi connectivity index (χ1) is 16.4. The number of nitrogens with one attached hydrogen (secondary N) is 4. The molecular formula is C23H27ClFN5O4. The van der Waals surface area contributed by atoms with Crippen LogP contribution in [0.4, 0.5) is 10.1 Å². The van der Waals surface area contributed by atoms with Crippen LogP contribution in [0, 0.1) is 11.7 Å². The minimum absolute atomic E-state index is 0.00774. The second kappa shape index (κ2) is 11.0. The first-order valence-electron chi connectivity index (χ1n) is 11.4. The van der Waals surface area contributed by atoms with Crippen LogP contribution in [0.3, 0.4) is 0 Å². The Kier molecular flexibility index (Phi) is 7.79. The van der Waals surface area contributed by atoms with Crippen molar-refractivity contribution in [1.82, 2.24) is 20.6 Å². The highest BCUT2D eigenvalue weighted by atomic mass is 35.5. The van der Waals surface area contributed by atoms with E-state index in [2.05, 4.69) is 25.9 Å². The summed E-state index contributed by atoms with van der Waals surface area (Å²) >= 11 is 5.98. The second-order valence-corrected chi connectivity index (χ2v) is 9.01. The van der Waals surface area contributed by atoms with Gasteiger partial charge in [0, 0.05) is 25.1 Å². The molecule has 3 amide bonds. The van der Waals surface area contributed by atoms with Crippen molar-refractivity contribution in [3.63, 3.8) is 0 Å². The third-order valence-corrected chi connectivity index (χ3v) is 6.53. The number of aromatic nitrogens is 2. The molecule has 1 saturated carbocycles. The Morgan fingerprint density at radius 3 is 2.65 bits per heavy atom. The van der Waals surface area contributed by atoms with Gasteiger partial charge in [0.15, 0.2) is 5.69 Å². The van der Waals surface area contributed by atoms with E-state index in [9.17, 15) is 18.8 Å². The number of amides is 3. The Bertz CT molecular complexity index is 1050. The molecule has 1 aliphatic carbocycles. The Morgan fingerprint density at radius 2 is 1.94 bits per heavy atom. The van der Waals surface area contributed by atoms with E-state index in [1.807, 2.05) is 0 Å². The predicted molar refractivity (Wildman–Crippen MR) is 123 cm³/mol. The minimum atomic E-state index is -0.472. The number of carbonyl (C=O) groups excluding carboxylic acids is 3. The molecule has 34 heavy (non-hydrogen) atoms. The highest BCUT2D eigenvalue weighted by Crippen LogP contribution is 2.28. The van der Waals surface area contributed by atoms with Crippen molar-refractivity contribution in [1.29, 1.82) is 0 Å². The molecule has 2 aliphatic rings.